The second-order valence-electron chi connectivity index (χ2n) is 4.01. The molecule has 22 heavy (non-hydrogen) atoms. The maximum Gasteiger partial charge on any atom is 0.334 e. The topological polar surface area (TPSA) is 89.9 Å². The number of aliphatic carboxylic acids is 1. The molecule has 0 saturated heterocycles. The highest BCUT2D eigenvalue weighted by Gasteiger charge is 2.12. The van der Waals surface area contributed by atoms with Crippen LogP contribution in [-0.2, 0) is 30.5 Å². The minimum Gasteiger partial charge on any atom is -0.481 e. The van der Waals surface area contributed by atoms with Crippen LogP contribution in [-0.4, -0.2) is 23.0 Å². The van der Waals surface area contributed by atoms with Gasteiger partial charge in [-0.25, -0.2) is 4.79 Å². The standard InChI is InChI=1S/C12H12O4.C4H6O2/c1-9(7-11(13)14)12(15)16-8-10-5-3-2-4-6-10;1-3-6-4(2)5/h2-6H,1,7-8H2,(H,13,14);3H,1H2,2H3. The van der Waals surface area contributed by atoms with Gasteiger partial charge in [-0.1, -0.05) is 43.5 Å². The van der Waals surface area contributed by atoms with E-state index in [1.807, 2.05) is 30.3 Å². The van der Waals surface area contributed by atoms with E-state index in [9.17, 15) is 14.4 Å². The van der Waals surface area contributed by atoms with Gasteiger partial charge in [-0.3, -0.25) is 9.59 Å². The van der Waals surface area contributed by atoms with Crippen molar-refractivity contribution in [1.82, 2.24) is 0 Å². The van der Waals surface area contributed by atoms with E-state index in [4.69, 9.17) is 9.84 Å². The maximum absolute atomic E-state index is 11.3. The van der Waals surface area contributed by atoms with Gasteiger partial charge in [0.05, 0.1) is 12.7 Å². The summed E-state index contributed by atoms with van der Waals surface area (Å²) in [6, 6.07) is 9.14. The molecule has 0 unspecified atom stereocenters. The van der Waals surface area contributed by atoms with Crippen LogP contribution in [0.5, 0.6) is 0 Å². The van der Waals surface area contributed by atoms with Crippen LogP contribution in [0.15, 0.2) is 55.3 Å². The summed E-state index contributed by atoms with van der Waals surface area (Å²) in [4.78, 5) is 31.3. The van der Waals surface area contributed by atoms with Crippen LogP contribution < -0.4 is 0 Å². The third kappa shape index (κ3) is 9.96. The summed E-state index contributed by atoms with van der Waals surface area (Å²) in [6.45, 7) is 7.95. The van der Waals surface area contributed by atoms with E-state index in [2.05, 4.69) is 17.9 Å². The van der Waals surface area contributed by atoms with Gasteiger partial charge in [-0.15, -0.1) is 0 Å². The first-order chi connectivity index (χ1) is 10.4. The third-order valence-corrected chi connectivity index (χ3v) is 2.12. The van der Waals surface area contributed by atoms with E-state index >= 15 is 0 Å². The normalized spacial score (nSPS) is 8.77. The summed E-state index contributed by atoms with van der Waals surface area (Å²) in [6.07, 6.45) is 0.704. The summed E-state index contributed by atoms with van der Waals surface area (Å²) in [7, 11) is 0. The minimum atomic E-state index is -1.10. The Kier molecular flexibility index (Phi) is 9.42. The molecule has 6 heteroatoms. The molecule has 0 fully saturated rings. The molecule has 0 aliphatic rings. The van der Waals surface area contributed by atoms with E-state index in [-0.39, 0.29) is 18.1 Å². The molecule has 0 aromatic heterocycles. The number of carbonyl (C=O) groups excluding carboxylic acids is 2. The molecular weight excluding hydrogens is 288 g/mol. The number of ether oxygens (including phenoxy) is 2. The molecule has 0 atom stereocenters. The molecule has 1 aromatic rings. The molecule has 0 spiro atoms. The lowest BCUT2D eigenvalue weighted by molar-refractivity contribution is -0.143. The first-order valence-electron chi connectivity index (χ1n) is 6.25. The summed E-state index contributed by atoms with van der Waals surface area (Å²) >= 11 is 0. The fraction of sp³-hybridized carbons (Fsp3) is 0.188. The molecule has 1 aromatic carbocycles. The zero-order valence-electron chi connectivity index (χ0n) is 12.3. The molecule has 0 aliphatic heterocycles. The molecule has 1 rings (SSSR count). The maximum atomic E-state index is 11.3. The van der Waals surface area contributed by atoms with Gasteiger partial charge in [0.15, 0.2) is 0 Å². The summed E-state index contributed by atoms with van der Waals surface area (Å²) in [5.74, 6) is -2.10. The largest absolute Gasteiger partial charge is 0.481 e. The van der Waals surface area contributed by atoms with E-state index in [1.54, 1.807) is 0 Å². The van der Waals surface area contributed by atoms with Crippen molar-refractivity contribution in [3.05, 3.63) is 60.9 Å². The van der Waals surface area contributed by atoms with Gasteiger partial charge in [0, 0.05) is 12.5 Å². The molecule has 0 bridgehead atoms. The van der Waals surface area contributed by atoms with Crippen molar-refractivity contribution in [1.29, 1.82) is 0 Å². The highest BCUT2D eigenvalue weighted by atomic mass is 16.5. The van der Waals surface area contributed by atoms with Crippen LogP contribution in [0.3, 0.4) is 0 Å². The minimum absolute atomic E-state index is 0.0524. The highest BCUT2D eigenvalue weighted by molar-refractivity contribution is 5.92. The number of carboxylic acid groups (broad SMARTS) is 1. The van der Waals surface area contributed by atoms with Crippen molar-refractivity contribution >= 4 is 17.9 Å². The van der Waals surface area contributed by atoms with Crippen molar-refractivity contribution in [2.45, 2.75) is 20.0 Å². The molecule has 118 valence electrons. The number of benzene rings is 1. The van der Waals surface area contributed by atoms with Crippen LogP contribution in [0.4, 0.5) is 0 Å². The number of rotatable bonds is 6. The Balaban J connectivity index is 0.000000626. The van der Waals surface area contributed by atoms with Gasteiger partial charge < -0.3 is 14.6 Å². The van der Waals surface area contributed by atoms with Crippen LogP contribution >= 0.6 is 0 Å². The molecular formula is C16H18O6. The average Bonchev–Trinajstić information content (AvgIpc) is 2.45. The highest BCUT2D eigenvalue weighted by Crippen LogP contribution is 2.05. The average molecular weight is 306 g/mol. The van der Waals surface area contributed by atoms with Gasteiger partial charge in [0.1, 0.15) is 6.61 Å². The monoisotopic (exact) mass is 306 g/mol. The van der Waals surface area contributed by atoms with Crippen molar-refractivity contribution in [2.24, 2.45) is 0 Å². The van der Waals surface area contributed by atoms with Gasteiger partial charge in [0.25, 0.3) is 0 Å². The first-order valence-corrected chi connectivity index (χ1v) is 6.25. The number of carboxylic acids is 1. The number of carbonyl (C=O) groups is 3. The van der Waals surface area contributed by atoms with E-state index in [1.165, 1.54) is 6.92 Å². The van der Waals surface area contributed by atoms with Crippen molar-refractivity contribution in [2.75, 3.05) is 0 Å². The quantitative estimate of drug-likeness (QED) is 0.493. The molecule has 1 N–H and O–H groups in total. The van der Waals surface area contributed by atoms with Crippen LogP contribution in [0.25, 0.3) is 0 Å². The summed E-state index contributed by atoms with van der Waals surface area (Å²) in [5.41, 5.74) is 0.794. The lowest BCUT2D eigenvalue weighted by Gasteiger charge is -2.05. The Morgan fingerprint density at radius 3 is 2.23 bits per heavy atom. The lowest BCUT2D eigenvalue weighted by Crippen LogP contribution is -2.10. The number of hydrogen-bond acceptors (Lipinski definition) is 5. The molecule has 6 nitrogen and oxygen atoms in total. The van der Waals surface area contributed by atoms with Gasteiger partial charge in [-0.2, -0.15) is 0 Å². The SMILES string of the molecule is C=C(CC(=O)O)C(=O)OCc1ccccc1.C=COC(C)=O. The Hall–Kier alpha value is -2.89. The summed E-state index contributed by atoms with van der Waals surface area (Å²) in [5, 5.41) is 8.45. The predicted molar refractivity (Wildman–Crippen MR) is 79.6 cm³/mol. The van der Waals surface area contributed by atoms with Gasteiger partial charge >= 0.3 is 17.9 Å². The second kappa shape index (κ2) is 10.8. The van der Waals surface area contributed by atoms with E-state index in [0.29, 0.717) is 0 Å². The second-order valence-corrected chi connectivity index (χ2v) is 4.01. The molecule has 0 heterocycles. The Morgan fingerprint density at radius 1 is 1.23 bits per heavy atom. The van der Waals surface area contributed by atoms with Crippen LogP contribution in [0.1, 0.15) is 18.9 Å². The molecule has 0 radical (unpaired) electrons. The van der Waals surface area contributed by atoms with Crippen molar-refractivity contribution in [3.63, 3.8) is 0 Å². The summed E-state index contributed by atoms with van der Waals surface area (Å²) < 4.78 is 9.06. The Bertz CT molecular complexity index is 533. The van der Waals surface area contributed by atoms with Gasteiger partial charge in [-0.05, 0) is 5.56 Å². The fourth-order valence-corrected chi connectivity index (χ4v) is 1.20. The molecule has 0 saturated carbocycles. The molecule has 0 amide bonds. The van der Waals surface area contributed by atoms with Crippen LogP contribution in [0, 0.1) is 0 Å². The smallest absolute Gasteiger partial charge is 0.334 e. The van der Waals surface area contributed by atoms with E-state index in [0.717, 1.165) is 11.8 Å². The van der Waals surface area contributed by atoms with Gasteiger partial charge in [0.2, 0.25) is 0 Å². The van der Waals surface area contributed by atoms with Crippen molar-refractivity contribution < 1.29 is 29.0 Å². The Labute approximate surface area is 128 Å². The zero-order valence-corrected chi connectivity index (χ0v) is 12.3. The fourth-order valence-electron chi connectivity index (χ4n) is 1.20. The van der Waals surface area contributed by atoms with Crippen LogP contribution in [0.2, 0.25) is 0 Å². The molecule has 0 aliphatic carbocycles. The number of esters is 2. The van der Waals surface area contributed by atoms with Crippen molar-refractivity contribution in [3.8, 4) is 0 Å². The predicted octanol–water partition coefficient (Wildman–Crippen LogP) is 2.45. The number of hydrogen-bond donors (Lipinski definition) is 1. The third-order valence-electron chi connectivity index (χ3n) is 2.12. The zero-order chi connectivity index (χ0) is 17.0. The Morgan fingerprint density at radius 2 is 1.82 bits per heavy atom. The lowest BCUT2D eigenvalue weighted by atomic mass is 10.2. The van der Waals surface area contributed by atoms with E-state index < -0.39 is 18.4 Å². The first kappa shape index (κ1) is 19.1.